The van der Waals surface area contributed by atoms with Gasteiger partial charge in [-0.3, -0.25) is 4.90 Å². The molecule has 20 heavy (non-hydrogen) atoms. The van der Waals surface area contributed by atoms with Crippen molar-refractivity contribution in [2.75, 3.05) is 37.7 Å². The van der Waals surface area contributed by atoms with E-state index in [-0.39, 0.29) is 5.75 Å². The average molecular weight is 302 g/mol. The summed E-state index contributed by atoms with van der Waals surface area (Å²) < 4.78 is 23.5. The molecule has 0 radical (unpaired) electrons. The van der Waals surface area contributed by atoms with Crippen molar-refractivity contribution in [3.8, 4) is 0 Å². The summed E-state index contributed by atoms with van der Waals surface area (Å²) in [6.45, 7) is 5.84. The number of nitrogens with one attached hydrogen (secondary N) is 1. The molecule has 4 nitrogen and oxygen atoms in total. The van der Waals surface area contributed by atoms with Crippen LogP contribution in [0.15, 0.2) is 0 Å². The van der Waals surface area contributed by atoms with E-state index in [9.17, 15) is 8.42 Å². The van der Waals surface area contributed by atoms with Crippen LogP contribution in [-0.2, 0) is 9.84 Å². The number of rotatable bonds is 5. The first-order valence-electron chi connectivity index (χ1n) is 8.27. The van der Waals surface area contributed by atoms with Crippen LogP contribution >= 0.6 is 0 Å². The predicted molar refractivity (Wildman–Crippen MR) is 83.8 cm³/mol. The van der Waals surface area contributed by atoms with Crippen LogP contribution in [0.4, 0.5) is 0 Å². The molecule has 1 N–H and O–H groups in total. The molecule has 0 bridgehead atoms. The molecule has 2 rings (SSSR count). The molecule has 0 aromatic rings. The van der Waals surface area contributed by atoms with E-state index < -0.39 is 9.84 Å². The summed E-state index contributed by atoms with van der Waals surface area (Å²) in [6, 6.07) is 0.617. The molecular formula is C15H30N2O2S. The molecule has 2 aliphatic heterocycles. The van der Waals surface area contributed by atoms with Crippen LogP contribution in [0.3, 0.4) is 0 Å². The molecule has 0 saturated carbocycles. The maximum Gasteiger partial charge on any atom is 0.151 e. The van der Waals surface area contributed by atoms with Crippen molar-refractivity contribution >= 4 is 9.84 Å². The highest BCUT2D eigenvalue weighted by Crippen LogP contribution is 2.28. The van der Waals surface area contributed by atoms with Crippen molar-refractivity contribution in [1.29, 1.82) is 0 Å². The highest BCUT2D eigenvalue weighted by molar-refractivity contribution is 7.91. The second kappa shape index (κ2) is 7.76. The number of sulfone groups is 1. The minimum absolute atomic E-state index is 0.277. The van der Waals surface area contributed by atoms with E-state index in [1.54, 1.807) is 6.92 Å². The second-order valence-corrected chi connectivity index (χ2v) is 8.75. The fraction of sp³-hybridized carbons (Fsp3) is 1.00. The van der Waals surface area contributed by atoms with Crippen molar-refractivity contribution < 1.29 is 8.42 Å². The van der Waals surface area contributed by atoms with Gasteiger partial charge in [0.05, 0.1) is 5.75 Å². The first-order chi connectivity index (χ1) is 9.62. The van der Waals surface area contributed by atoms with Crippen LogP contribution in [-0.4, -0.2) is 57.0 Å². The van der Waals surface area contributed by atoms with Crippen LogP contribution in [0.25, 0.3) is 0 Å². The second-order valence-electron chi connectivity index (χ2n) is 6.28. The van der Waals surface area contributed by atoms with Crippen LogP contribution in [0, 0.1) is 5.92 Å². The zero-order valence-electron chi connectivity index (χ0n) is 12.8. The standard InChI is InChI=1S/C15H30N2O2S/c1-2-20(18,19)13-12-17-11-5-3-4-6-15(17)14-7-9-16-10-8-14/h14-16H,2-13H2,1H3. The summed E-state index contributed by atoms with van der Waals surface area (Å²) in [6.07, 6.45) is 7.61. The molecule has 1 unspecified atom stereocenters. The van der Waals surface area contributed by atoms with E-state index in [2.05, 4.69) is 10.2 Å². The normalized spacial score (nSPS) is 27.4. The molecule has 0 aromatic heterocycles. The molecule has 2 saturated heterocycles. The van der Waals surface area contributed by atoms with E-state index in [0.29, 0.717) is 11.8 Å². The van der Waals surface area contributed by atoms with Gasteiger partial charge >= 0.3 is 0 Å². The van der Waals surface area contributed by atoms with Gasteiger partial charge in [-0.15, -0.1) is 0 Å². The molecule has 0 aromatic carbocycles. The van der Waals surface area contributed by atoms with Crippen LogP contribution < -0.4 is 5.32 Å². The SMILES string of the molecule is CCS(=O)(=O)CCN1CCCCCC1C1CCNCC1. The first kappa shape index (κ1) is 16.2. The van der Waals surface area contributed by atoms with Gasteiger partial charge in [-0.05, 0) is 51.2 Å². The molecule has 118 valence electrons. The maximum absolute atomic E-state index is 11.8. The Kier molecular flexibility index (Phi) is 6.30. The third-order valence-corrected chi connectivity index (χ3v) is 6.66. The Bertz CT molecular complexity index is 377. The van der Waals surface area contributed by atoms with Crippen LogP contribution in [0.1, 0.15) is 45.4 Å². The Labute approximate surface area is 124 Å². The van der Waals surface area contributed by atoms with E-state index in [4.69, 9.17) is 0 Å². The lowest BCUT2D eigenvalue weighted by Crippen LogP contribution is -2.46. The summed E-state index contributed by atoms with van der Waals surface area (Å²) in [7, 11) is -2.84. The van der Waals surface area contributed by atoms with Gasteiger partial charge in [-0.2, -0.15) is 0 Å². The highest BCUT2D eigenvalue weighted by atomic mass is 32.2. The van der Waals surface area contributed by atoms with Crippen LogP contribution in [0.5, 0.6) is 0 Å². The van der Waals surface area contributed by atoms with Gasteiger partial charge in [0, 0.05) is 18.3 Å². The molecule has 2 aliphatic rings. The smallest absolute Gasteiger partial charge is 0.151 e. The Morgan fingerprint density at radius 2 is 1.85 bits per heavy atom. The topological polar surface area (TPSA) is 49.4 Å². The average Bonchev–Trinajstić information content (AvgIpc) is 2.71. The molecule has 1 atom stereocenters. The van der Waals surface area contributed by atoms with Gasteiger partial charge < -0.3 is 5.32 Å². The molecular weight excluding hydrogens is 272 g/mol. The maximum atomic E-state index is 11.8. The zero-order valence-corrected chi connectivity index (χ0v) is 13.6. The lowest BCUT2D eigenvalue weighted by atomic mass is 9.87. The third kappa shape index (κ3) is 4.71. The monoisotopic (exact) mass is 302 g/mol. The van der Waals surface area contributed by atoms with Gasteiger partial charge in [0.25, 0.3) is 0 Å². The van der Waals surface area contributed by atoms with Crippen LogP contribution in [0.2, 0.25) is 0 Å². The molecule has 2 fully saturated rings. The van der Waals surface area contributed by atoms with E-state index in [1.165, 1.54) is 38.5 Å². The summed E-state index contributed by atoms with van der Waals surface area (Å²) >= 11 is 0. The predicted octanol–water partition coefficient (Wildman–Crippen LogP) is 1.67. The quantitative estimate of drug-likeness (QED) is 0.839. The zero-order chi connectivity index (χ0) is 14.4. The van der Waals surface area contributed by atoms with E-state index in [1.807, 2.05) is 0 Å². The summed E-state index contributed by atoms with van der Waals surface area (Å²) in [4.78, 5) is 2.50. The molecule has 2 heterocycles. The minimum atomic E-state index is -2.84. The Balaban J connectivity index is 1.97. The van der Waals surface area contributed by atoms with Crippen molar-refractivity contribution in [2.24, 2.45) is 5.92 Å². The fourth-order valence-electron chi connectivity index (χ4n) is 3.63. The molecule has 0 spiro atoms. The van der Waals surface area contributed by atoms with Crippen molar-refractivity contribution in [3.05, 3.63) is 0 Å². The Morgan fingerprint density at radius 1 is 1.10 bits per heavy atom. The van der Waals surface area contributed by atoms with Crippen molar-refractivity contribution in [3.63, 3.8) is 0 Å². The molecule has 0 amide bonds. The van der Waals surface area contributed by atoms with Gasteiger partial charge in [0.2, 0.25) is 0 Å². The first-order valence-corrected chi connectivity index (χ1v) is 10.1. The summed E-state index contributed by atoms with van der Waals surface area (Å²) in [5.74, 6) is 1.38. The molecule has 5 heteroatoms. The lowest BCUT2D eigenvalue weighted by molar-refractivity contribution is 0.129. The highest BCUT2D eigenvalue weighted by Gasteiger charge is 2.30. The van der Waals surface area contributed by atoms with Gasteiger partial charge in [0.1, 0.15) is 0 Å². The third-order valence-electron chi connectivity index (χ3n) is 4.97. The van der Waals surface area contributed by atoms with Crippen molar-refractivity contribution in [1.82, 2.24) is 10.2 Å². The number of nitrogens with zero attached hydrogens (tertiary/aromatic N) is 1. The fourth-order valence-corrected chi connectivity index (χ4v) is 4.44. The van der Waals surface area contributed by atoms with E-state index in [0.717, 1.165) is 32.1 Å². The number of likely N-dealkylation sites (tertiary alicyclic amines) is 1. The van der Waals surface area contributed by atoms with Crippen molar-refractivity contribution in [2.45, 2.75) is 51.5 Å². The van der Waals surface area contributed by atoms with E-state index >= 15 is 0 Å². The van der Waals surface area contributed by atoms with Gasteiger partial charge in [0.15, 0.2) is 9.84 Å². The summed E-state index contributed by atoms with van der Waals surface area (Å²) in [5, 5.41) is 3.44. The lowest BCUT2D eigenvalue weighted by Gasteiger charge is -2.38. The number of hydrogen-bond acceptors (Lipinski definition) is 4. The largest absolute Gasteiger partial charge is 0.317 e. The van der Waals surface area contributed by atoms with Gasteiger partial charge in [-0.25, -0.2) is 8.42 Å². The molecule has 0 aliphatic carbocycles. The number of hydrogen-bond donors (Lipinski definition) is 1. The van der Waals surface area contributed by atoms with Gasteiger partial charge in [-0.1, -0.05) is 19.8 Å². The summed E-state index contributed by atoms with van der Waals surface area (Å²) in [5.41, 5.74) is 0. The Morgan fingerprint density at radius 3 is 2.55 bits per heavy atom. The minimum Gasteiger partial charge on any atom is -0.317 e. The Hall–Kier alpha value is -0.130. The number of piperidine rings is 1.